The first kappa shape index (κ1) is 15.0. The van der Waals surface area contributed by atoms with Gasteiger partial charge in [-0.2, -0.15) is 9.78 Å². The summed E-state index contributed by atoms with van der Waals surface area (Å²) >= 11 is 0. The zero-order valence-corrected chi connectivity index (χ0v) is 13.2. The van der Waals surface area contributed by atoms with Gasteiger partial charge in [0.2, 0.25) is 0 Å². The van der Waals surface area contributed by atoms with Gasteiger partial charge < -0.3 is 0 Å². The van der Waals surface area contributed by atoms with Gasteiger partial charge in [0, 0.05) is 6.04 Å². The molecule has 0 bridgehead atoms. The number of aromatic nitrogens is 2. The standard InChI is InChI=1S/C14H23FN2Si/c1-11(2)18(12(3)4,13(5)6)8-7-17-10-14(15)9-16-17/h9-13H,1-6H3. The Kier molecular flexibility index (Phi) is 4.75. The van der Waals surface area contributed by atoms with Gasteiger partial charge in [-0.05, 0) is 16.6 Å². The number of halogens is 1. The molecule has 1 rings (SSSR count). The number of nitrogens with zero attached hydrogens (tertiary/aromatic N) is 2. The molecule has 0 saturated carbocycles. The summed E-state index contributed by atoms with van der Waals surface area (Å²) in [5.74, 6) is -0.338. The van der Waals surface area contributed by atoms with Crippen LogP contribution in [0.2, 0.25) is 16.6 Å². The van der Waals surface area contributed by atoms with Gasteiger partial charge in [-0.3, -0.25) is 0 Å². The van der Waals surface area contributed by atoms with E-state index in [1.807, 2.05) is 0 Å². The molecule has 0 unspecified atom stereocenters. The summed E-state index contributed by atoms with van der Waals surface area (Å²) in [5.41, 5.74) is 5.21. The second-order valence-corrected chi connectivity index (χ2v) is 11.3. The molecule has 0 aliphatic heterocycles. The van der Waals surface area contributed by atoms with Crippen LogP contribution in [0.5, 0.6) is 0 Å². The lowest BCUT2D eigenvalue weighted by atomic mass is 10.5. The van der Waals surface area contributed by atoms with Crippen LogP contribution in [0.25, 0.3) is 0 Å². The predicted octanol–water partition coefficient (Wildman–Crippen LogP) is 4.05. The first-order chi connectivity index (χ1) is 8.30. The lowest BCUT2D eigenvalue weighted by Crippen LogP contribution is -2.43. The third-order valence-corrected chi connectivity index (χ3v) is 10.1. The summed E-state index contributed by atoms with van der Waals surface area (Å²) in [6.45, 7) is 13.5. The fourth-order valence-electron chi connectivity index (χ4n) is 2.95. The van der Waals surface area contributed by atoms with Gasteiger partial charge in [-0.25, -0.2) is 4.39 Å². The molecule has 0 aliphatic rings. The molecule has 0 aliphatic carbocycles. The van der Waals surface area contributed by atoms with Crippen molar-refractivity contribution in [2.24, 2.45) is 0 Å². The first-order valence-electron chi connectivity index (χ1n) is 6.54. The van der Waals surface area contributed by atoms with Crippen LogP contribution < -0.4 is 0 Å². The minimum Gasteiger partial charge on any atom is -0.203 e. The Bertz CT molecular complexity index is 430. The molecule has 4 heteroatoms. The van der Waals surface area contributed by atoms with Gasteiger partial charge in [0.05, 0.1) is 12.4 Å². The van der Waals surface area contributed by atoms with Gasteiger partial charge in [-0.1, -0.05) is 41.5 Å². The fraction of sp³-hybridized carbons (Fsp3) is 0.643. The van der Waals surface area contributed by atoms with E-state index in [0.29, 0.717) is 16.6 Å². The molecule has 0 aromatic carbocycles. The Morgan fingerprint density at radius 1 is 1.11 bits per heavy atom. The van der Waals surface area contributed by atoms with Crippen molar-refractivity contribution in [3.8, 4) is 11.6 Å². The van der Waals surface area contributed by atoms with Crippen LogP contribution >= 0.6 is 0 Å². The highest BCUT2D eigenvalue weighted by Crippen LogP contribution is 2.40. The highest BCUT2D eigenvalue weighted by molar-refractivity contribution is 6.90. The summed E-state index contributed by atoms with van der Waals surface area (Å²) in [7, 11) is -1.75. The van der Waals surface area contributed by atoms with Crippen LogP contribution in [-0.4, -0.2) is 17.9 Å². The van der Waals surface area contributed by atoms with E-state index in [4.69, 9.17) is 0 Å². The average Bonchev–Trinajstić information content (AvgIpc) is 2.63. The van der Waals surface area contributed by atoms with Gasteiger partial charge >= 0.3 is 0 Å². The molecule has 100 valence electrons. The van der Waals surface area contributed by atoms with Gasteiger partial charge in [0.25, 0.3) is 0 Å². The maximum absolute atomic E-state index is 12.9. The van der Waals surface area contributed by atoms with Crippen molar-refractivity contribution in [3.63, 3.8) is 0 Å². The van der Waals surface area contributed by atoms with Crippen molar-refractivity contribution < 1.29 is 4.39 Å². The maximum Gasteiger partial charge on any atom is 0.162 e. The van der Waals surface area contributed by atoms with Crippen LogP contribution in [0.3, 0.4) is 0 Å². The molecule has 18 heavy (non-hydrogen) atoms. The monoisotopic (exact) mass is 266 g/mol. The fourth-order valence-corrected chi connectivity index (χ4v) is 8.12. The quantitative estimate of drug-likeness (QED) is 0.596. The largest absolute Gasteiger partial charge is 0.203 e. The van der Waals surface area contributed by atoms with Crippen molar-refractivity contribution >= 4 is 8.07 Å². The van der Waals surface area contributed by atoms with E-state index in [0.717, 1.165) is 0 Å². The average molecular weight is 266 g/mol. The van der Waals surface area contributed by atoms with Crippen LogP contribution in [-0.2, 0) is 0 Å². The van der Waals surface area contributed by atoms with E-state index < -0.39 is 8.07 Å². The van der Waals surface area contributed by atoms with E-state index in [2.05, 4.69) is 58.2 Å². The van der Waals surface area contributed by atoms with Crippen molar-refractivity contribution in [1.29, 1.82) is 0 Å². The molecule has 2 nitrogen and oxygen atoms in total. The molecule has 0 fully saturated rings. The minimum absolute atomic E-state index is 0.338. The second-order valence-electron chi connectivity index (χ2n) is 5.74. The Hall–Kier alpha value is -1.08. The summed E-state index contributed by atoms with van der Waals surface area (Å²) in [4.78, 5) is 0. The Balaban J connectivity index is 3.17. The van der Waals surface area contributed by atoms with E-state index in [1.54, 1.807) is 0 Å². The first-order valence-corrected chi connectivity index (χ1v) is 8.77. The molecule has 1 aromatic heterocycles. The Morgan fingerprint density at radius 3 is 1.94 bits per heavy atom. The van der Waals surface area contributed by atoms with Crippen molar-refractivity contribution in [2.45, 2.75) is 58.2 Å². The number of rotatable bonds is 3. The molecule has 0 radical (unpaired) electrons. The van der Waals surface area contributed by atoms with E-state index in [9.17, 15) is 4.39 Å². The molecule has 0 saturated heterocycles. The minimum atomic E-state index is -1.75. The van der Waals surface area contributed by atoms with Crippen LogP contribution in [0.15, 0.2) is 12.4 Å². The lowest BCUT2D eigenvalue weighted by molar-refractivity contribution is 0.627. The third kappa shape index (κ3) is 2.84. The number of hydrogen-bond acceptors (Lipinski definition) is 1. The molecule has 1 aromatic rings. The highest BCUT2D eigenvalue weighted by Gasteiger charge is 2.41. The highest BCUT2D eigenvalue weighted by atomic mass is 28.3. The normalized spacial score (nSPS) is 12.1. The van der Waals surface area contributed by atoms with Gasteiger partial charge in [0.1, 0.15) is 8.07 Å². The zero-order chi connectivity index (χ0) is 13.9. The molecular weight excluding hydrogens is 243 g/mol. The molecule has 0 spiro atoms. The maximum atomic E-state index is 12.9. The SMILES string of the molecule is CC(C)[Si](C#Cn1cc(F)cn1)(C(C)C)C(C)C. The Morgan fingerprint density at radius 2 is 1.61 bits per heavy atom. The Labute approximate surface area is 111 Å². The molecule has 0 amide bonds. The van der Waals surface area contributed by atoms with Crippen LogP contribution in [0.4, 0.5) is 4.39 Å². The molecule has 1 heterocycles. The lowest BCUT2D eigenvalue weighted by Gasteiger charge is -2.37. The van der Waals surface area contributed by atoms with E-state index in [1.165, 1.54) is 17.1 Å². The summed E-state index contributed by atoms with van der Waals surface area (Å²) in [6, 6.07) is 3.03. The smallest absolute Gasteiger partial charge is 0.162 e. The third-order valence-electron chi connectivity index (χ3n) is 3.80. The number of hydrogen-bond donors (Lipinski definition) is 0. The molecular formula is C14H23FN2Si. The van der Waals surface area contributed by atoms with E-state index >= 15 is 0 Å². The zero-order valence-electron chi connectivity index (χ0n) is 12.2. The predicted molar refractivity (Wildman–Crippen MR) is 76.4 cm³/mol. The van der Waals surface area contributed by atoms with E-state index in [-0.39, 0.29) is 5.82 Å². The summed E-state index contributed by atoms with van der Waals surface area (Å²) in [6.07, 6.45) is 2.52. The second kappa shape index (κ2) is 5.70. The summed E-state index contributed by atoms with van der Waals surface area (Å²) in [5, 5.41) is 3.89. The van der Waals surface area contributed by atoms with Gasteiger partial charge in [0.15, 0.2) is 5.82 Å². The van der Waals surface area contributed by atoms with Crippen molar-refractivity contribution in [1.82, 2.24) is 9.78 Å². The summed E-state index contributed by atoms with van der Waals surface area (Å²) < 4.78 is 14.3. The van der Waals surface area contributed by atoms with Crippen LogP contribution in [0.1, 0.15) is 41.5 Å². The molecule has 0 atom stereocenters. The van der Waals surface area contributed by atoms with Crippen LogP contribution in [0, 0.1) is 17.4 Å². The topological polar surface area (TPSA) is 17.8 Å². The van der Waals surface area contributed by atoms with Crippen molar-refractivity contribution in [3.05, 3.63) is 18.2 Å². The molecule has 0 N–H and O–H groups in total. The van der Waals surface area contributed by atoms with Crippen molar-refractivity contribution in [2.75, 3.05) is 0 Å². The van der Waals surface area contributed by atoms with Gasteiger partial charge in [-0.15, -0.1) is 5.54 Å².